The monoisotopic (exact) mass is 336 g/mol. The van der Waals surface area contributed by atoms with Crippen LogP contribution in [0.4, 0.5) is 0 Å². The van der Waals surface area contributed by atoms with Gasteiger partial charge in [-0.1, -0.05) is 90.9 Å². The molecular formula is C17H36O4S. The van der Waals surface area contributed by atoms with Crippen molar-refractivity contribution in [1.29, 1.82) is 0 Å². The molecule has 4 nitrogen and oxygen atoms in total. The first-order chi connectivity index (χ1) is 10.5. The molecule has 0 aromatic rings. The second-order valence-corrected chi connectivity index (χ2v) is 7.56. The summed E-state index contributed by atoms with van der Waals surface area (Å²) in [5.41, 5.74) is 0. The van der Waals surface area contributed by atoms with Crippen molar-refractivity contribution in [2.75, 3.05) is 6.61 Å². The summed E-state index contributed by atoms with van der Waals surface area (Å²) in [7, 11) is -4.25. The van der Waals surface area contributed by atoms with Gasteiger partial charge in [0.2, 0.25) is 0 Å². The predicted molar refractivity (Wildman–Crippen MR) is 92.4 cm³/mol. The van der Waals surface area contributed by atoms with E-state index in [0.717, 1.165) is 18.8 Å². The van der Waals surface area contributed by atoms with E-state index >= 15 is 0 Å². The zero-order chi connectivity index (χ0) is 16.7. The minimum absolute atomic E-state index is 0.0885. The molecule has 0 amide bonds. The molecule has 0 saturated carbocycles. The van der Waals surface area contributed by atoms with Crippen molar-refractivity contribution in [2.45, 2.75) is 97.3 Å². The lowest BCUT2D eigenvalue weighted by molar-refractivity contribution is 0.260. The lowest BCUT2D eigenvalue weighted by atomic mass is 9.96. The third kappa shape index (κ3) is 17.9. The van der Waals surface area contributed by atoms with Crippen LogP contribution in [0.3, 0.4) is 0 Å². The Hall–Kier alpha value is -0.130. The standard InChI is InChI=1S/C17H36O4S/c1-3-4-5-6-7-8-9-11-14-17(2)15-12-10-13-16-21-22(18,19)20/h17H,3-16H2,1-2H3,(H,18,19,20). The van der Waals surface area contributed by atoms with Crippen molar-refractivity contribution in [1.82, 2.24) is 0 Å². The summed E-state index contributed by atoms with van der Waals surface area (Å²) in [6.45, 7) is 4.64. The fourth-order valence-corrected chi connectivity index (χ4v) is 3.04. The van der Waals surface area contributed by atoms with E-state index in [1.165, 1.54) is 64.2 Å². The van der Waals surface area contributed by atoms with E-state index in [1.807, 2.05) is 0 Å². The normalized spacial score (nSPS) is 13.4. The largest absolute Gasteiger partial charge is 0.397 e. The van der Waals surface area contributed by atoms with Crippen molar-refractivity contribution in [3.05, 3.63) is 0 Å². The van der Waals surface area contributed by atoms with Crippen molar-refractivity contribution in [2.24, 2.45) is 5.92 Å². The van der Waals surface area contributed by atoms with Crippen LogP contribution < -0.4 is 0 Å². The van der Waals surface area contributed by atoms with Gasteiger partial charge in [-0.25, -0.2) is 4.18 Å². The number of hydrogen-bond donors (Lipinski definition) is 1. The van der Waals surface area contributed by atoms with Crippen molar-refractivity contribution < 1.29 is 17.2 Å². The van der Waals surface area contributed by atoms with Crippen LogP contribution in [0.15, 0.2) is 0 Å². The molecule has 0 aromatic carbocycles. The molecule has 0 aliphatic rings. The summed E-state index contributed by atoms with van der Waals surface area (Å²) in [6.07, 6.45) is 16.2. The maximum absolute atomic E-state index is 10.4. The second kappa shape index (κ2) is 14.5. The summed E-state index contributed by atoms with van der Waals surface area (Å²) in [5.74, 6) is 0.752. The Kier molecular flexibility index (Phi) is 14.4. The van der Waals surface area contributed by atoms with Gasteiger partial charge in [-0.15, -0.1) is 0 Å². The molecule has 0 aliphatic heterocycles. The maximum atomic E-state index is 10.4. The lowest BCUT2D eigenvalue weighted by Crippen LogP contribution is -2.04. The fourth-order valence-electron chi connectivity index (χ4n) is 2.71. The van der Waals surface area contributed by atoms with Gasteiger partial charge < -0.3 is 0 Å². The topological polar surface area (TPSA) is 63.6 Å². The molecule has 0 aromatic heterocycles. The Morgan fingerprint density at radius 3 is 1.77 bits per heavy atom. The van der Waals surface area contributed by atoms with Gasteiger partial charge in [-0.05, 0) is 12.3 Å². The van der Waals surface area contributed by atoms with E-state index in [4.69, 9.17) is 4.55 Å². The fraction of sp³-hybridized carbons (Fsp3) is 1.00. The smallest absolute Gasteiger partial charge is 0.264 e. The predicted octanol–water partition coefficient (Wildman–Crippen LogP) is 5.53. The van der Waals surface area contributed by atoms with Crippen LogP contribution >= 0.6 is 0 Å². The summed E-state index contributed by atoms with van der Waals surface area (Å²) in [5, 5.41) is 0. The Labute approximate surface area is 138 Å². The van der Waals surface area contributed by atoms with E-state index in [0.29, 0.717) is 6.42 Å². The van der Waals surface area contributed by atoms with Gasteiger partial charge in [-0.3, -0.25) is 4.55 Å². The average molecular weight is 337 g/mol. The van der Waals surface area contributed by atoms with E-state index in [-0.39, 0.29) is 6.61 Å². The molecule has 5 heteroatoms. The summed E-state index contributed by atoms with van der Waals surface area (Å²) < 4.78 is 33.4. The van der Waals surface area contributed by atoms with Gasteiger partial charge >= 0.3 is 10.4 Å². The lowest BCUT2D eigenvalue weighted by Gasteiger charge is -2.11. The molecule has 0 bridgehead atoms. The van der Waals surface area contributed by atoms with Crippen LogP contribution in [0.5, 0.6) is 0 Å². The van der Waals surface area contributed by atoms with Crippen molar-refractivity contribution in [3.8, 4) is 0 Å². The Bertz CT molecular complexity index is 328. The van der Waals surface area contributed by atoms with Crippen LogP contribution in [0.1, 0.15) is 97.3 Å². The maximum Gasteiger partial charge on any atom is 0.397 e. The molecule has 0 rings (SSSR count). The molecular weight excluding hydrogens is 300 g/mol. The summed E-state index contributed by atoms with van der Waals surface area (Å²) in [6, 6.07) is 0. The summed E-state index contributed by atoms with van der Waals surface area (Å²) in [4.78, 5) is 0. The first-order valence-corrected chi connectivity index (χ1v) is 10.4. The first kappa shape index (κ1) is 21.9. The third-order valence-corrected chi connectivity index (χ3v) is 4.59. The zero-order valence-corrected chi connectivity index (χ0v) is 15.4. The average Bonchev–Trinajstić information content (AvgIpc) is 2.44. The molecule has 134 valence electrons. The number of unbranched alkanes of at least 4 members (excludes halogenated alkanes) is 9. The van der Waals surface area contributed by atoms with Crippen LogP contribution in [-0.4, -0.2) is 19.6 Å². The third-order valence-electron chi connectivity index (χ3n) is 4.12. The van der Waals surface area contributed by atoms with E-state index < -0.39 is 10.4 Å². The first-order valence-electron chi connectivity index (χ1n) is 9.07. The highest BCUT2D eigenvalue weighted by Gasteiger charge is 2.04. The molecule has 0 fully saturated rings. The van der Waals surface area contributed by atoms with Crippen molar-refractivity contribution in [3.63, 3.8) is 0 Å². The molecule has 0 heterocycles. The van der Waals surface area contributed by atoms with Gasteiger partial charge in [0, 0.05) is 0 Å². The van der Waals surface area contributed by atoms with Gasteiger partial charge in [0.05, 0.1) is 6.61 Å². The van der Waals surface area contributed by atoms with Crippen LogP contribution in [0.2, 0.25) is 0 Å². The van der Waals surface area contributed by atoms with E-state index in [1.54, 1.807) is 0 Å². The highest BCUT2D eigenvalue weighted by atomic mass is 32.3. The molecule has 1 atom stereocenters. The Morgan fingerprint density at radius 1 is 0.818 bits per heavy atom. The van der Waals surface area contributed by atoms with Gasteiger partial charge in [0.1, 0.15) is 0 Å². The Balaban J connectivity index is 3.24. The minimum atomic E-state index is -4.25. The molecule has 1 unspecified atom stereocenters. The van der Waals surface area contributed by atoms with Gasteiger partial charge in [0.15, 0.2) is 0 Å². The minimum Gasteiger partial charge on any atom is -0.264 e. The van der Waals surface area contributed by atoms with Crippen LogP contribution in [-0.2, 0) is 14.6 Å². The molecule has 1 N–H and O–H groups in total. The highest BCUT2D eigenvalue weighted by Crippen LogP contribution is 2.18. The summed E-state index contributed by atoms with van der Waals surface area (Å²) >= 11 is 0. The Morgan fingerprint density at radius 2 is 1.27 bits per heavy atom. The van der Waals surface area contributed by atoms with Crippen molar-refractivity contribution >= 4 is 10.4 Å². The molecule has 0 spiro atoms. The molecule has 0 saturated heterocycles. The van der Waals surface area contributed by atoms with Crippen LogP contribution in [0, 0.1) is 5.92 Å². The quantitative estimate of drug-likeness (QED) is 0.297. The highest BCUT2D eigenvalue weighted by molar-refractivity contribution is 7.80. The molecule has 22 heavy (non-hydrogen) atoms. The van der Waals surface area contributed by atoms with Crippen LogP contribution in [0.25, 0.3) is 0 Å². The van der Waals surface area contributed by atoms with E-state index in [2.05, 4.69) is 18.0 Å². The second-order valence-electron chi connectivity index (χ2n) is 6.47. The SMILES string of the molecule is CCCCCCCCCCC(C)CCCCCOS(=O)(=O)O. The van der Waals surface area contributed by atoms with Gasteiger partial charge in [0.25, 0.3) is 0 Å². The van der Waals surface area contributed by atoms with E-state index in [9.17, 15) is 8.42 Å². The molecule has 0 aliphatic carbocycles. The molecule has 0 radical (unpaired) electrons. The number of hydrogen-bond acceptors (Lipinski definition) is 3. The zero-order valence-electron chi connectivity index (χ0n) is 14.6. The number of rotatable bonds is 16. The van der Waals surface area contributed by atoms with Gasteiger partial charge in [-0.2, -0.15) is 8.42 Å².